The average molecular weight is 366 g/mol. The first-order valence-electron chi connectivity index (χ1n) is 8.51. The van der Waals surface area contributed by atoms with Crippen molar-refractivity contribution in [2.45, 2.75) is 19.6 Å². The van der Waals surface area contributed by atoms with Gasteiger partial charge in [0.2, 0.25) is 0 Å². The summed E-state index contributed by atoms with van der Waals surface area (Å²) in [4.78, 5) is 20.6. The second kappa shape index (κ2) is 7.49. The Kier molecular flexibility index (Phi) is 5.31. The van der Waals surface area contributed by atoms with Crippen molar-refractivity contribution in [2.75, 3.05) is 32.7 Å². The van der Waals surface area contributed by atoms with E-state index >= 15 is 0 Å². The van der Waals surface area contributed by atoms with Gasteiger partial charge in [0, 0.05) is 57.2 Å². The highest BCUT2D eigenvalue weighted by Crippen LogP contribution is 2.29. The van der Waals surface area contributed by atoms with E-state index in [1.165, 1.54) is 12.1 Å². The Morgan fingerprint density at radius 2 is 1.73 bits per heavy atom. The van der Waals surface area contributed by atoms with Crippen LogP contribution < -0.4 is 0 Å². The molecule has 2 aromatic rings. The molecule has 0 spiro atoms. The lowest BCUT2D eigenvalue weighted by Gasteiger charge is -2.34. The summed E-state index contributed by atoms with van der Waals surface area (Å²) in [5.74, 6) is 0.755. The molecule has 0 atom stereocenters. The van der Waals surface area contributed by atoms with Crippen molar-refractivity contribution in [3.63, 3.8) is 0 Å². The summed E-state index contributed by atoms with van der Waals surface area (Å²) in [5.41, 5.74) is -0.450. The van der Waals surface area contributed by atoms with E-state index in [-0.39, 0.29) is 5.91 Å². The number of halogens is 3. The molecule has 0 radical (unpaired) electrons. The van der Waals surface area contributed by atoms with Gasteiger partial charge in [-0.2, -0.15) is 13.2 Å². The molecule has 5 nitrogen and oxygen atoms in total. The number of alkyl halides is 3. The van der Waals surface area contributed by atoms with Gasteiger partial charge in [0.1, 0.15) is 5.82 Å². The van der Waals surface area contributed by atoms with Crippen molar-refractivity contribution in [2.24, 2.45) is 0 Å². The van der Waals surface area contributed by atoms with Gasteiger partial charge in [0.05, 0.1) is 5.56 Å². The number of imidazole rings is 1. The Balaban J connectivity index is 1.51. The lowest BCUT2D eigenvalue weighted by molar-refractivity contribution is -0.137. The minimum Gasteiger partial charge on any atom is -0.336 e. The first-order valence-corrected chi connectivity index (χ1v) is 8.51. The minimum absolute atomic E-state index is 0.219. The van der Waals surface area contributed by atoms with Crippen LogP contribution in [0, 0.1) is 6.92 Å². The molecule has 2 heterocycles. The number of benzene rings is 1. The number of rotatable bonds is 4. The molecule has 0 unspecified atom stereocenters. The molecule has 0 aliphatic carbocycles. The number of amides is 1. The maximum absolute atomic E-state index is 12.6. The zero-order chi connectivity index (χ0) is 18.7. The number of hydrogen-bond donors (Lipinski definition) is 0. The summed E-state index contributed by atoms with van der Waals surface area (Å²) in [6.45, 7) is 6.32. The van der Waals surface area contributed by atoms with Crippen molar-refractivity contribution in [1.82, 2.24) is 19.4 Å². The van der Waals surface area contributed by atoms with E-state index in [1.807, 2.05) is 13.1 Å². The standard InChI is InChI=1S/C18H21F3N4O/c1-14-22-6-7-24(14)11-8-23-9-12-25(13-10-23)17(26)15-2-4-16(5-3-15)18(19,20)21/h2-7H,8-13H2,1H3. The third kappa shape index (κ3) is 4.24. The maximum atomic E-state index is 12.6. The second-order valence-corrected chi connectivity index (χ2v) is 6.38. The number of carbonyl (C=O) groups excluding carboxylic acids is 1. The average Bonchev–Trinajstić information content (AvgIpc) is 3.04. The number of nitrogens with zero attached hydrogens (tertiary/aromatic N) is 4. The Hall–Kier alpha value is -2.35. The molecule has 3 rings (SSSR count). The fraction of sp³-hybridized carbons (Fsp3) is 0.444. The van der Waals surface area contributed by atoms with Gasteiger partial charge in [-0.25, -0.2) is 4.98 Å². The lowest BCUT2D eigenvalue weighted by atomic mass is 10.1. The van der Waals surface area contributed by atoms with E-state index in [0.29, 0.717) is 18.7 Å². The Labute approximate surface area is 150 Å². The predicted molar refractivity (Wildman–Crippen MR) is 90.8 cm³/mol. The van der Waals surface area contributed by atoms with Crippen molar-refractivity contribution in [3.05, 3.63) is 53.6 Å². The number of carbonyl (C=O) groups is 1. The molecule has 1 fully saturated rings. The van der Waals surface area contributed by atoms with Crippen LogP contribution in [0.4, 0.5) is 13.2 Å². The normalized spacial score (nSPS) is 16.1. The number of aryl methyl sites for hydroxylation is 1. The summed E-state index contributed by atoms with van der Waals surface area (Å²) in [5, 5.41) is 0. The van der Waals surface area contributed by atoms with Gasteiger partial charge < -0.3 is 9.47 Å². The summed E-state index contributed by atoms with van der Waals surface area (Å²) in [6, 6.07) is 4.41. The highest BCUT2D eigenvalue weighted by atomic mass is 19.4. The third-order valence-corrected chi connectivity index (χ3v) is 4.70. The molecule has 1 amide bonds. The van der Waals surface area contributed by atoms with Gasteiger partial charge in [0.25, 0.3) is 5.91 Å². The largest absolute Gasteiger partial charge is 0.416 e. The summed E-state index contributed by atoms with van der Waals surface area (Å²) < 4.78 is 39.9. The molecule has 1 aromatic heterocycles. The van der Waals surface area contributed by atoms with Crippen molar-refractivity contribution < 1.29 is 18.0 Å². The van der Waals surface area contributed by atoms with Gasteiger partial charge in [0.15, 0.2) is 0 Å². The molecular weight excluding hydrogens is 345 g/mol. The van der Waals surface area contributed by atoms with Crippen LogP contribution in [0.3, 0.4) is 0 Å². The van der Waals surface area contributed by atoms with Crippen LogP contribution in [0.25, 0.3) is 0 Å². The van der Waals surface area contributed by atoms with Gasteiger partial charge in [-0.1, -0.05) is 0 Å². The van der Waals surface area contributed by atoms with Crippen LogP contribution in [0.2, 0.25) is 0 Å². The summed E-state index contributed by atoms with van der Waals surface area (Å²) >= 11 is 0. The van der Waals surface area contributed by atoms with E-state index in [1.54, 1.807) is 11.1 Å². The molecular formula is C18H21F3N4O. The van der Waals surface area contributed by atoms with Crippen LogP contribution >= 0.6 is 0 Å². The number of piperazine rings is 1. The van der Waals surface area contributed by atoms with Crippen LogP contribution in [0.15, 0.2) is 36.7 Å². The van der Waals surface area contributed by atoms with E-state index in [4.69, 9.17) is 0 Å². The van der Waals surface area contributed by atoms with Gasteiger partial charge in [-0.05, 0) is 31.2 Å². The molecule has 1 aliphatic heterocycles. The van der Waals surface area contributed by atoms with Crippen LogP contribution in [-0.4, -0.2) is 58.0 Å². The fourth-order valence-corrected chi connectivity index (χ4v) is 3.05. The molecule has 8 heteroatoms. The minimum atomic E-state index is -4.39. The Morgan fingerprint density at radius 1 is 1.08 bits per heavy atom. The quantitative estimate of drug-likeness (QED) is 0.836. The van der Waals surface area contributed by atoms with E-state index in [9.17, 15) is 18.0 Å². The van der Waals surface area contributed by atoms with Gasteiger partial charge in [-0.3, -0.25) is 9.69 Å². The molecule has 0 saturated carbocycles. The SMILES string of the molecule is Cc1nccn1CCN1CCN(C(=O)c2ccc(C(F)(F)F)cc2)CC1. The molecule has 1 aliphatic rings. The topological polar surface area (TPSA) is 41.4 Å². The zero-order valence-corrected chi connectivity index (χ0v) is 14.5. The van der Waals surface area contributed by atoms with Crippen LogP contribution in [0.1, 0.15) is 21.7 Å². The second-order valence-electron chi connectivity index (χ2n) is 6.38. The zero-order valence-electron chi connectivity index (χ0n) is 14.5. The fourth-order valence-electron chi connectivity index (χ4n) is 3.05. The van der Waals surface area contributed by atoms with E-state index in [0.717, 1.165) is 44.1 Å². The molecule has 0 N–H and O–H groups in total. The van der Waals surface area contributed by atoms with Crippen molar-refractivity contribution in [3.8, 4) is 0 Å². The van der Waals surface area contributed by atoms with Gasteiger partial charge in [-0.15, -0.1) is 0 Å². The number of aromatic nitrogens is 2. The smallest absolute Gasteiger partial charge is 0.336 e. The lowest BCUT2D eigenvalue weighted by Crippen LogP contribution is -2.49. The van der Waals surface area contributed by atoms with E-state index < -0.39 is 11.7 Å². The molecule has 1 saturated heterocycles. The van der Waals surface area contributed by atoms with Crippen LogP contribution in [-0.2, 0) is 12.7 Å². The maximum Gasteiger partial charge on any atom is 0.416 e. The first-order chi connectivity index (χ1) is 12.3. The van der Waals surface area contributed by atoms with E-state index in [2.05, 4.69) is 14.5 Å². The van der Waals surface area contributed by atoms with Gasteiger partial charge >= 0.3 is 6.18 Å². The molecule has 26 heavy (non-hydrogen) atoms. The highest BCUT2D eigenvalue weighted by Gasteiger charge is 2.30. The molecule has 1 aromatic carbocycles. The molecule has 140 valence electrons. The predicted octanol–water partition coefficient (Wildman–Crippen LogP) is 2.67. The monoisotopic (exact) mass is 366 g/mol. The van der Waals surface area contributed by atoms with Crippen molar-refractivity contribution in [1.29, 1.82) is 0 Å². The summed E-state index contributed by atoms with van der Waals surface area (Å²) in [6.07, 6.45) is -0.670. The Morgan fingerprint density at radius 3 is 2.27 bits per heavy atom. The number of hydrogen-bond acceptors (Lipinski definition) is 3. The summed E-state index contributed by atoms with van der Waals surface area (Å²) in [7, 11) is 0. The third-order valence-electron chi connectivity index (χ3n) is 4.70. The van der Waals surface area contributed by atoms with Crippen molar-refractivity contribution >= 4 is 5.91 Å². The Bertz CT molecular complexity index is 747. The highest BCUT2D eigenvalue weighted by molar-refractivity contribution is 5.94. The van der Waals surface area contributed by atoms with Crippen LogP contribution in [0.5, 0.6) is 0 Å². The molecule has 0 bridgehead atoms. The first kappa shape index (κ1) is 18.4.